The van der Waals surface area contributed by atoms with E-state index >= 15 is 0 Å². The van der Waals surface area contributed by atoms with Gasteiger partial charge in [0.2, 0.25) is 0 Å². The van der Waals surface area contributed by atoms with E-state index in [9.17, 15) is 0 Å². The van der Waals surface area contributed by atoms with Crippen LogP contribution in [0.5, 0.6) is 0 Å². The summed E-state index contributed by atoms with van der Waals surface area (Å²) in [4.78, 5) is 4.04. The lowest BCUT2D eigenvalue weighted by Crippen LogP contribution is -2.29. The van der Waals surface area contributed by atoms with Gasteiger partial charge in [0.25, 0.3) is 0 Å². The zero-order valence-electron chi connectivity index (χ0n) is 7.84. The van der Waals surface area contributed by atoms with Crippen LogP contribution in [0.3, 0.4) is 0 Å². The first-order chi connectivity index (χ1) is 6.83. The van der Waals surface area contributed by atoms with E-state index in [4.69, 9.17) is 10.3 Å². The Bertz CT molecular complexity index is 393. The van der Waals surface area contributed by atoms with Gasteiger partial charge in [-0.1, -0.05) is 0 Å². The lowest BCUT2D eigenvalue weighted by atomic mass is 10.1. The molecule has 1 atom stereocenters. The first-order valence-corrected chi connectivity index (χ1v) is 4.27. The van der Waals surface area contributed by atoms with Crippen molar-refractivity contribution in [2.45, 2.75) is 6.04 Å². The molecule has 0 amide bonds. The number of imidazole rings is 1. The molecule has 0 radical (unpaired) electrons. The Morgan fingerprint density at radius 3 is 3.00 bits per heavy atom. The Labute approximate surface area is 81.5 Å². The maximum Gasteiger partial charge on any atom is 0.0954 e. The van der Waals surface area contributed by atoms with Crippen LogP contribution in [0.4, 0.5) is 0 Å². The fraction of sp³-hybridized carbons (Fsp3) is 0.222. The molecule has 0 saturated carbocycles. The van der Waals surface area contributed by atoms with E-state index in [2.05, 4.69) is 10.4 Å². The van der Waals surface area contributed by atoms with Crippen molar-refractivity contribution in [3.05, 3.63) is 42.4 Å². The highest BCUT2D eigenvalue weighted by Gasteiger charge is 2.16. The third-order valence-electron chi connectivity index (χ3n) is 2.19. The van der Waals surface area contributed by atoms with Crippen LogP contribution in [0.25, 0.3) is 0 Å². The highest BCUT2D eigenvalue weighted by Crippen LogP contribution is 2.20. The number of nitrogens with two attached hydrogens (primary N) is 1. The minimum Gasteiger partial charge on any atom is -0.472 e. The van der Waals surface area contributed by atoms with Gasteiger partial charge >= 0.3 is 0 Å². The first kappa shape index (κ1) is 8.98. The van der Waals surface area contributed by atoms with E-state index in [1.807, 2.05) is 17.7 Å². The van der Waals surface area contributed by atoms with Gasteiger partial charge in [0.05, 0.1) is 36.8 Å². The Morgan fingerprint density at radius 2 is 2.50 bits per heavy atom. The van der Waals surface area contributed by atoms with Crippen LogP contribution in [0.1, 0.15) is 17.3 Å². The molecule has 2 aromatic rings. The summed E-state index contributed by atoms with van der Waals surface area (Å²) in [5.41, 5.74) is 4.70. The van der Waals surface area contributed by atoms with Crippen molar-refractivity contribution in [3.63, 3.8) is 0 Å². The number of aryl methyl sites for hydroxylation is 1. The number of nitrogens with one attached hydrogen (secondary N) is 1. The largest absolute Gasteiger partial charge is 0.472 e. The van der Waals surface area contributed by atoms with Gasteiger partial charge in [-0.25, -0.2) is 10.4 Å². The average Bonchev–Trinajstić information content (AvgIpc) is 2.80. The normalized spacial score (nSPS) is 13.0. The second-order valence-corrected chi connectivity index (χ2v) is 3.09. The van der Waals surface area contributed by atoms with Crippen LogP contribution < -0.4 is 11.3 Å². The smallest absolute Gasteiger partial charge is 0.0954 e. The molecule has 0 aromatic carbocycles. The van der Waals surface area contributed by atoms with Crippen LogP contribution in [0.15, 0.2) is 35.5 Å². The molecule has 14 heavy (non-hydrogen) atoms. The van der Waals surface area contributed by atoms with Crippen LogP contribution in [-0.4, -0.2) is 9.55 Å². The Hall–Kier alpha value is -1.59. The molecule has 2 heterocycles. The molecule has 0 aliphatic heterocycles. The standard InChI is InChI=1S/C9H12N4O/c1-13-6-11-4-8(13)9(12-10)7-2-3-14-5-7/h2-6,9,12H,10H2,1H3. The number of furan rings is 1. The van der Waals surface area contributed by atoms with E-state index in [0.717, 1.165) is 11.3 Å². The van der Waals surface area contributed by atoms with Crippen molar-refractivity contribution in [1.29, 1.82) is 0 Å². The van der Waals surface area contributed by atoms with Gasteiger partial charge in [-0.3, -0.25) is 5.84 Å². The third kappa shape index (κ3) is 1.43. The summed E-state index contributed by atoms with van der Waals surface area (Å²) in [7, 11) is 1.92. The molecule has 2 aromatic heterocycles. The van der Waals surface area contributed by atoms with Crippen molar-refractivity contribution in [1.82, 2.24) is 15.0 Å². The molecule has 5 heteroatoms. The lowest BCUT2D eigenvalue weighted by molar-refractivity contribution is 0.546. The summed E-state index contributed by atoms with van der Waals surface area (Å²) < 4.78 is 6.92. The van der Waals surface area contributed by atoms with Crippen molar-refractivity contribution < 1.29 is 4.42 Å². The summed E-state index contributed by atoms with van der Waals surface area (Å²) in [6.45, 7) is 0. The molecular weight excluding hydrogens is 180 g/mol. The minimum absolute atomic E-state index is 0.0822. The predicted octanol–water partition coefficient (Wildman–Crippen LogP) is 0.566. The van der Waals surface area contributed by atoms with E-state index in [1.54, 1.807) is 25.1 Å². The van der Waals surface area contributed by atoms with Gasteiger partial charge in [-0.05, 0) is 6.07 Å². The molecule has 1 unspecified atom stereocenters. The Kier molecular flexibility index (Phi) is 2.34. The van der Waals surface area contributed by atoms with Gasteiger partial charge in [0.15, 0.2) is 0 Å². The van der Waals surface area contributed by atoms with Crippen molar-refractivity contribution in [2.75, 3.05) is 0 Å². The Balaban J connectivity index is 2.36. The van der Waals surface area contributed by atoms with Gasteiger partial charge in [-0.15, -0.1) is 0 Å². The summed E-state index contributed by atoms with van der Waals surface area (Å²) in [6.07, 6.45) is 6.80. The van der Waals surface area contributed by atoms with E-state index < -0.39 is 0 Å². The fourth-order valence-corrected chi connectivity index (χ4v) is 1.44. The SMILES string of the molecule is Cn1cncc1C(NN)c1ccoc1. The average molecular weight is 192 g/mol. The molecule has 0 aliphatic carbocycles. The number of hydrogen-bond acceptors (Lipinski definition) is 4. The quantitative estimate of drug-likeness (QED) is 0.551. The maximum atomic E-state index is 5.49. The summed E-state index contributed by atoms with van der Waals surface area (Å²) in [6, 6.07) is 1.79. The lowest BCUT2D eigenvalue weighted by Gasteiger charge is -2.14. The number of nitrogens with zero attached hydrogens (tertiary/aromatic N) is 2. The summed E-state index contributed by atoms with van der Waals surface area (Å²) in [5.74, 6) is 5.49. The van der Waals surface area contributed by atoms with E-state index in [-0.39, 0.29) is 6.04 Å². The van der Waals surface area contributed by atoms with E-state index in [1.165, 1.54) is 0 Å². The molecule has 74 valence electrons. The van der Waals surface area contributed by atoms with Gasteiger partial charge in [-0.2, -0.15) is 0 Å². The molecular formula is C9H12N4O. The maximum absolute atomic E-state index is 5.49. The molecule has 0 aliphatic rings. The number of hydrazine groups is 1. The monoisotopic (exact) mass is 192 g/mol. The summed E-state index contributed by atoms with van der Waals surface area (Å²) in [5, 5.41) is 0. The van der Waals surface area contributed by atoms with Crippen LogP contribution in [0.2, 0.25) is 0 Å². The van der Waals surface area contributed by atoms with Crippen LogP contribution >= 0.6 is 0 Å². The van der Waals surface area contributed by atoms with Crippen molar-refractivity contribution in [3.8, 4) is 0 Å². The second-order valence-electron chi connectivity index (χ2n) is 3.09. The highest BCUT2D eigenvalue weighted by atomic mass is 16.3. The molecule has 0 spiro atoms. The van der Waals surface area contributed by atoms with Crippen molar-refractivity contribution in [2.24, 2.45) is 12.9 Å². The number of hydrogen-bond donors (Lipinski definition) is 2. The zero-order chi connectivity index (χ0) is 9.97. The van der Waals surface area contributed by atoms with Crippen LogP contribution in [-0.2, 0) is 7.05 Å². The molecule has 0 saturated heterocycles. The zero-order valence-corrected chi connectivity index (χ0v) is 7.84. The van der Waals surface area contributed by atoms with Crippen molar-refractivity contribution >= 4 is 0 Å². The molecule has 0 bridgehead atoms. The topological polar surface area (TPSA) is 69.0 Å². The fourth-order valence-electron chi connectivity index (χ4n) is 1.44. The number of aromatic nitrogens is 2. The predicted molar refractivity (Wildman–Crippen MR) is 51.1 cm³/mol. The third-order valence-corrected chi connectivity index (χ3v) is 2.19. The van der Waals surface area contributed by atoms with Crippen LogP contribution in [0, 0.1) is 0 Å². The molecule has 0 fully saturated rings. The molecule has 5 nitrogen and oxygen atoms in total. The minimum atomic E-state index is -0.0822. The van der Waals surface area contributed by atoms with Gasteiger partial charge in [0, 0.05) is 12.6 Å². The molecule has 2 rings (SSSR count). The first-order valence-electron chi connectivity index (χ1n) is 4.27. The Morgan fingerprint density at radius 1 is 1.64 bits per heavy atom. The second kappa shape index (κ2) is 3.65. The highest BCUT2D eigenvalue weighted by molar-refractivity contribution is 5.22. The van der Waals surface area contributed by atoms with Gasteiger partial charge in [0.1, 0.15) is 0 Å². The molecule has 3 N–H and O–H groups in total. The van der Waals surface area contributed by atoms with E-state index in [0.29, 0.717) is 0 Å². The van der Waals surface area contributed by atoms with Gasteiger partial charge < -0.3 is 8.98 Å². The summed E-state index contributed by atoms with van der Waals surface area (Å²) >= 11 is 0. The number of rotatable bonds is 3.